The lowest BCUT2D eigenvalue weighted by molar-refractivity contribution is 0.0946. The van der Waals surface area contributed by atoms with Gasteiger partial charge in [-0.3, -0.25) is 4.79 Å². The number of carbonyl (C=O) groups is 1. The summed E-state index contributed by atoms with van der Waals surface area (Å²) in [6, 6.07) is 3.02. The van der Waals surface area contributed by atoms with Gasteiger partial charge in [0.05, 0.1) is 0 Å². The van der Waals surface area contributed by atoms with Gasteiger partial charge in [0, 0.05) is 32.1 Å². The summed E-state index contributed by atoms with van der Waals surface area (Å²) in [4.78, 5) is 15.8. The van der Waals surface area contributed by atoms with Crippen molar-refractivity contribution < 1.29 is 9.90 Å². The summed E-state index contributed by atoms with van der Waals surface area (Å²) in [7, 11) is 0. The van der Waals surface area contributed by atoms with Crippen LogP contribution in [-0.4, -0.2) is 37.3 Å². The van der Waals surface area contributed by atoms with Gasteiger partial charge in [-0.05, 0) is 25.0 Å². The summed E-state index contributed by atoms with van der Waals surface area (Å²) in [6.45, 7) is 1.39. The van der Waals surface area contributed by atoms with Crippen LogP contribution in [0.15, 0.2) is 18.3 Å². The molecule has 110 valence electrons. The van der Waals surface area contributed by atoms with Crippen LogP contribution in [0.4, 0.5) is 0 Å². The monoisotopic (exact) mass is 287 g/mol. The van der Waals surface area contributed by atoms with Gasteiger partial charge < -0.3 is 15.0 Å². The third-order valence-corrected chi connectivity index (χ3v) is 3.57. The maximum atomic E-state index is 11.9. The van der Waals surface area contributed by atoms with E-state index in [1.54, 1.807) is 6.07 Å². The SMILES string of the molecule is O=C(NCCc1nnc2n1CCCC2)c1ncccc1O. The lowest BCUT2D eigenvalue weighted by Gasteiger charge is -2.14. The Morgan fingerprint density at radius 2 is 2.29 bits per heavy atom. The summed E-state index contributed by atoms with van der Waals surface area (Å²) in [5, 5.41) is 20.7. The summed E-state index contributed by atoms with van der Waals surface area (Å²) >= 11 is 0. The molecule has 0 aliphatic carbocycles. The molecule has 1 aliphatic rings. The number of rotatable bonds is 4. The number of nitrogens with zero attached hydrogens (tertiary/aromatic N) is 4. The molecule has 0 aromatic carbocycles. The highest BCUT2D eigenvalue weighted by Gasteiger charge is 2.16. The summed E-state index contributed by atoms with van der Waals surface area (Å²) in [6.07, 6.45) is 5.37. The first-order chi connectivity index (χ1) is 10.3. The largest absolute Gasteiger partial charge is 0.505 e. The van der Waals surface area contributed by atoms with Crippen molar-refractivity contribution in [2.24, 2.45) is 0 Å². The third kappa shape index (κ3) is 2.86. The van der Waals surface area contributed by atoms with E-state index in [-0.39, 0.29) is 17.4 Å². The van der Waals surface area contributed by atoms with Crippen LogP contribution >= 0.6 is 0 Å². The van der Waals surface area contributed by atoms with Crippen LogP contribution in [0.5, 0.6) is 5.75 Å². The number of pyridine rings is 1. The first-order valence-electron chi connectivity index (χ1n) is 7.09. The van der Waals surface area contributed by atoms with Crippen molar-refractivity contribution in [2.45, 2.75) is 32.2 Å². The van der Waals surface area contributed by atoms with Crippen LogP contribution in [0.25, 0.3) is 0 Å². The molecule has 2 aromatic rings. The molecule has 0 radical (unpaired) electrons. The molecule has 1 amide bonds. The minimum atomic E-state index is -0.383. The number of nitrogens with one attached hydrogen (secondary N) is 1. The van der Waals surface area contributed by atoms with Crippen molar-refractivity contribution in [1.29, 1.82) is 0 Å². The van der Waals surface area contributed by atoms with Crippen molar-refractivity contribution in [3.8, 4) is 5.75 Å². The first-order valence-corrected chi connectivity index (χ1v) is 7.09. The van der Waals surface area contributed by atoms with Crippen molar-refractivity contribution in [2.75, 3.05) is 6.54 Å². The zero-order valence-corrected chi connectivity index (χ0v) is 11.6. The molecule has 0 atom stereocenters. The Morgan fingerprint density at radius 1 is 1.38 bits per heavy atom. The molecule has 1 aliphatic heterocycles. The van der Waals surface area contributed by atoms with Gasteiger partial charge in [-0.25, -0.2) is 4.98 Å². The first kappa shape index (κ1) is 13.5. The molecular formula is C14H17N5O2. The van der Waals surface area contributed by atoms with E-state index in [4.69, 9.17) is 0 Å². The minimum absolute atomic E-state index is 0.0424. The van der Waals surface area contributed by atoms with E-state index in [0.717, 1.165) is 37.5 Å². The fraction of sp³-hybridized carbons (Fsp3) is 0.429. The second kappa shape index (κ2) is 5.90. The molecule has 3 rings (SSSR count). The second-order valence-corrected chi connectivity index (χ2v) is 5.02. The number of aromatic nitrogens is 4. The minimum Gasteiger partial charge on any atom is -0.505 e. The number of hydrogen-bond donors (Lipinski definition) is 2. The fourth-order valence-corrected chi connectivity index (χ4v) is 2.50. The second-order valence-electron chi connectivity index (χ2n) is 5.02. The molecule has 0 bridgehead atoms. The van der Waals surface area contributed by atoms with E-state index in [9.17, 15) is 9.90 Å². The molecule has 0 saturated heterocycles. The van der Waals surface area contributed by atoms with E-state index in [1.165, 1.54) is 12.3 Å². The van der Waals surface area contributed by atoms with Crippen LogP contribution in [0.1, 0.15) is 35.0 Å². The van der Waals surface area contributed by atoms with Gasteiger partial charge in [0.25, 0.3) is 5.91 Å². The molecule has 0 fully saturated rings. The van der Waals surface area contributed by atoms with Gasteiger partial charge >= 0.3 is 0 Å². The number of aromatic hydroxyl groups is 1. The van der Waals surface area contributed by atoms with Crippen molar-refractivity contribution >= 4 is 5.91 Å². The summed E-state index contributed by atoms with van der Waals surface area (Å²) < 4.78 is 2.13. The maximum absolute atomic E-state index is 11.9. The molecule has 3 heterocycles. The molecule has 2 aromatic heterocycles. The molecule has 0 saturated carbocycles. The Hall–Kier alpha value is -2.44. The summed E-state index contributed by atoms with van der Waals surface area (Å²) in [5.74, 6) is 1.43. The van der Waals surface area contributed by atoms with Gasteiger partial charge in [0.2, 0.25) is 0 Å². The highest BCUT2D eigenvalue weighted by atomic mass is 16.3. The lowest BCUT2D eigenvalue weighted by Crippen LogP contribution is -2.27. The average Bonchev–Trinajstić information content (AvgIpc) is 2.91. The van der Waals surface area contributed by atoms with Crippen LogP contribution in [0.3, 0.4) is 0 Å². The highest BCUT2D eigenvalue weighted by Crippen LogP contribution is 2.14. The molecular weight excluding hydrogens is 270 g/mol. The Bertz CT molecular complexity index is 653. The van der Waals surface area contributed by atoms with E-state index < -0.39 is 0 Å². The van der Waals surface area contributed by atoms with Gasteiger partial charge in [-0.1, -0.05) is 0 Å². The van der Waals surface area contributed by atoms with Crippen LogP contribution < -0.4 is 5.32 Å². The number of amides is 1. The van der Waals surface area contributed by atoms with Crippen LogP contribution in [0.2, 0.25) is 0 Å². The lowest BCUT2D eigenvalue weighted by atomic mass is 10.1. The number of carbonyl (C=O) groups excluding carboxylic acids is 1. The van der Waals surface area contributed by atoms with Crippen LogP contribution in [0, 0.1) is 0 Å². The Morgan fingerprint density at radius 3 is 3.14 bits per heavy atom. The highest BCUT2D eigenvalue weighted by molar-refractivity contribution is 5.94. The van der Waals surface area contributed by atoms with Gasteiger partial charge in [-0.15, -0.1) is 10.2 Å². The normalized spacial score (nSPS) is 13.7. The van der Waals surface area contributed by atoms with E-state index in [1.807, 2.05) is 0 Å². The van der Waals surface area contributed by atoms with Gasteiger partial charge in [0.1, 0.15) is 17.4 Å². The van der Waals surface area contributed by atoms with Crippen molar-refractivity contribution in [3.05, 3.63) is 35.7 Å². The fourth-order valence-electron chi connectivity index (χ4n) is 2.50. The Balaban J connectivity index is 1.58. The number of fused-ring (bicyclic) bond motifs is 1. The molecule has 0 spiro atoms. The standard InChI is InChI=1S/C14H17N5O2/c20-10-4-3-7-15-13(10)14(21)16-8-6-12-18-17-11-5-1-2-9-19(11)12/h3-4,7,20H,1-2,5-6,8-9H2,(H,16,21). The van der Waals surface area contributed by atoms with E-state index in [0.29, 0.717) is 13.0 Å². The average molecular weight is 287 g/mol. The van der Waals surface area contributed by atoms with Crippen molar-refractivity contribution in [1.82, 2.24) is 25.1 Å². The number of hydrogen-bond acceptors (Lipinski definition) is 5. The predicted octanol–water partition coefficient (Wildman–Crippen LogP) is 0.687. The zero-order chi connectivity index (χ0) is 14.7. The molecule has 7 nitrogen and oxygen atoms in total. The molecule has 7 heteroatoms. The summed E-state index contributed by atoms with van der Waals surface area (Å²) in [5.41, 5.74) is 0.0424. The van der Waals surface area contributed by atoms with E-state index in [2.05, 4.69) is 25.1 Å². The Labute approximate surface area is 122 Å². The van der Waals surface area contributed by atoms with Crippen molar-refractivity contribution in [3.63, 3.8) is 0 Å². The molecule has 2 N–H and O–H groups in total. The van der Waals surface area contributed by atoms with Gasteiger partial charge in [0.15, 0.2) is 5.69 Å². The maximum Gasteiger partial charge on any atom is 0.273 e. The smallest absolute Gasteiger partial charge is 0.273 e. The van der Waals surface area contributed by atoms with Crippen LogP contribution in [-0.2, 0) is 19.4 Å². The van der Waals surface area contributed by atoms with E-state index >= 15 is 0 Å². The zero-order valence-electron chi connectivity index (χ0n) is 11.6. The van der Waals surface area contributed by atoms with Gasteiger partial charge in [-0.2, -0.15) is 0 Å². The third-order valence-electron chi connectivity index (χ3n) is 3.57. The topological polar surface area (TPSA) is 92.9 Å². The quantitative estimate of drug-likeness (QED) is 0.863. The number of aryl methyl sites for hydroxylation is 1. The predicted molar refractivity (Wildman–Crippen MR) is 74.9 cm³/mol. The Kier molecular flexibility index (Phi) is 3.81. The molecule has 21 heavy (non-hydrogen) atoms. The molecule has 0 unspecified atom stereocenters.